The van der Waals surface area contributed by atoms with E-state index in [1.54, 1.807) is 17.8 Å². The summed E-state index contributed by atoms with van der Waals surface area (Å²) in [4.78, 5) is 11.4. The largest absolute Gasteiger partial charge is 0.411 e. The molecule has 7 heteroatoms. The zero-order chi connectivity index (χ0) is 13.8. The molecule has 0 bridgehead atoms. The minimum atomic E-state index is -4.40. The first-order valence-corrected chi connectivity index (χ1v) is 5.50. The molecule has 0 saturated heterocycles. The molecular formula is C11H15F3N2O2. The number of hydrogen-bond acceptors (Lipinski definition) is 3. The zero-order valence-corrected chi connectivity index (χ0v) is 10.3. The van der Waals surface area contributed by atoms with Crippen molar-refractivity contribution in [2.24, 2.45) is 7.05 Å². The molecule has 1 aromatic rings. The Bertz CT molecular complexity index is 413. The average Bonchev–Trinajstić information content (AvgIpc) is 2.57. The Hall–Kier alpha value is -1.37. The Labute approximate surface area is 103 Å². The first-order chi connectivity index (χ1) is 8.31. The molecule has 0 N–H and O–H groups in total. The third-order valence-corrected chi connectivity index (χ3v) is 2.30. The van der Waals surface area contributed by atoms with E-state index in [1.807, 2.05) is 6.92 Å². The van der Waals surface area contributed by atoms with Crippen molar-refractivity contribution in [1.82, 2.24) is 9.78 Å². The molecule has 1 rings (SSSR count). The zero-order valence-electron chi connectivity index (χ0n) is 10.3. The van der Waals surface area contributed by atoms with Gasteiger partial charge in [0, 0.05) is 12.7 Å². The topological polar surface area (TPSA) is 44.1 Å². The standard InChI is InChI=1S/C11H15F3N2O2/c1-3-8-4-9(16(2)15-8)5-10(17)6-18-7-11(12,13)14/h4H,3,5-7H2,1-2H3. The summed E-state index contributed by atoms with van der Waals surface area (Å²) < 4.78 is 41.2. The normalized spacial score (nSPS) is 11.8. The van der Waals surface area contributed by atoms with Crippen LogP contribution in [-0.4, -0.2) is 35.0 Å². The molecule has 0 spiro atoms. The Kier molecular flexibility index (Phi) is 4.89. The van der Waals surface area contributed by atoms with E-state index in [-0.39, 0.29) is 6.42 Å². The summed E-state index contributed by atoms with van der Waals surface area (Å²) in [5.41, 5.74) is 1.52. The van der Waals surface area contributed by atoms with Gasteiger partial charge in [0.2, 0.25) is 0 Å². The van der Waals surface area contributed by atoms with Crippen molar-refractivity contribution < 1.29 is 22.7 Å². The van der Waals surface area contributed by atoms with E-state index >= 15 is 0 Å². The first kappa shape index (κ1) is 14.7. The molecule has 0 radical (unpaired) electrons. The highest BCUT2D eigenvalue weighted by atomic mass is 19.4. The maximum Gasteiger partial charge on any atom is 0.411 e. The minimum Gasteiger partial charge on any atom is -0.364 e. The second-order valence-corrected chi connectivity index (χ2v) is 3.93. The van der Waals surface area contributed by atoms with E-state index in [2.05, 4.69) is 9.84 Å². The van der Waals surface area contributed by atoms with Crippen molar-refractivity contribution in [3.05, 3.63) is 17.5 Å². The molecule has 0 aliphatic rings. The summed E-state index contributed by atoms with van der Waals surface area (Å²) in [6, 6.07) is 1.77. The van der Waals surface area contributed by atoms with Gasteiger partial charge in [0.25, 0.3) is 0 Å². The molecule has 0 fully saturated rings. The molecule has 0 aliphatic heterocycles. The molecule has 4 nitrogen and oxygen atoms in total. The van der Waals surface area contributed by atoms with Crippen LogP contribution in [0.2, 0.25) is 0 Å². The number of carbonyl (C=O) groups is 1. The summed E-state index contributed by atoms with van der Waals surface area (Å²) >= 11 is 0. The van der Waals surface area contributed by atoms with Crippen molar-refractivity contribution in [2.45, 2.75) is 25.9 Å². The summed E-state index contributed by atoms with van der Waals surface area (Å²) in [6.07, 6.45) is -3.63. The molecule has 0 aliphatic carbocycles. The number of Topliss-reactive ketones (excluding diaryl/α,β-unsaturated/α-hetero) is 1. The lowest BCUT2D eigenvalue weighted by molar-refractivity contribution is -0.175. The predicted molar refractivity (Wildman–Crippen MR) is 58.2 cm³/mol. The van der Waals surface area contributed by atoms with Crippen LogP contribution < -0.4 is 0 Å². The molecular weight excluding hydrogens is 249 g/mol. The van der Waals surface area contributed by atoms with Crippen LogP contribution in [0, 0.1) is 0 Å². The number of alkyl halides is 3. The predicted octanol–water partition coefficient (Wildman–Crippen LogP) is 1.67. The number of ketones is 1. The van der Waals surface area contributed by atoms with Gasteiger partial charge in [-0.15, -0.1) is 0 Å². The van der Waals surface area contributed by atoms with Gasteiger partial charge in [0.15, 0.2) is 5.78 Å². The van der Waals surface area contributed by atoms with Crippen molar-refractivity contribution in [2.75, 3.05) is 13.2 Å². The smallest absolute Gasteiger partial charge is 0.364 e. The highest BCUT2D eigenvalue weighted by molar-refractivity contribution is 5.81. The van der Waals surface area contributed by atoms with E-state index in [9.17, 15) is 18.0 Å². The third-order valence-electron chi connectivity index (χ3n) is 2.30. The molecule has 0 atom stereocenters. The lowest BCUT2D eigenvalue weighted by Crippen LogP contribution is -2.21. The van der Waals surface area contributed by atoms with Crippen molar-refractivity contribution >= 4 is 5.78 Å². The summed E-state index contributed by atoms with van der Waals surface area (Å²) in [6.45, 7) is -0.00311. The first-order valence-electron chi connectivity index (χ1n) is 5.50. The van der Waals surface area contributed by atoms with Gasteiger partial charge in [-0.3, -0.25) is 9.48 Å². The lowest BCUT2D eigenvalue weighted by Gasteiger charge is -2.06. The fraction of sp³-hybridized carbons (Fsp3) is 0.636. The van der Waals surface area contributed by atoms with Crippen molar-refractivity contribution in [3.8, 4) is 0 Å². The molecule has 18 heavy (non-hydrogen) atoms. The van der Waals surface area contributed by atoms with Gasteiger partial charge in [-0.05, 0) is 12.5 Å². The van der Waals surface area contributed by atoms with Gasteiger partial charge in [-0.2, -0.15) is 18.3 Å². The van der Waals surface area contributed by atoms with Gasteiger partial charge in [-0.1, -0.05) is 6.92 Å². The molecule has 0 saturated carbocycles. The van der Waals surface area contributed by atoms with Crippen LogP contribution in [0.25, 0.3) is 0 Å². The SMILES string of the molecule is CCc1cc(CC(=O)COCC(F)(F)F)n(C)n1. The molecule has 1 heterocycles. The highest BCUT2D eigenvalue weighted by Crippen LogP contribution is 2.14. The van der Waals surface area contributed by atoms with Crippen molar-refractivity contribution in [1.29, 1.82) is 0 Å². The van der Waals surface area contributed by atoms with Crippen LogP contribution in [0.5, 0.6) is 0 Å². The van der Waals surface area contributed by atoms with E-state index in [4.69, 9.17) is 0 Å². The second kappa shape index (κ2) is 5.99. The van der Waals surface area contributed by atoms with Gasteiger partial charge >= 0.3 is 6.18 Å². The maximum absolute atomic E-state index is 11.8. The summed E-state index contributed by atoms with van der Waals surface area (Å²) in [5.74, 6) is -0.398. The van der Waals surface area contributed by atoms with E-state index in [0.717, 1.165) is 12.1 Å². The number of carbonyl (C=O) groups excluding carboxylic acids is 1. The second-order valence-electron chi connectivity index (χ2n) is 3.93. The van der Waals surface area contributed by atoms with Gasteiger partial charge in [0.05, 0.1) is 12.1 Å². The number of nitrogens with zero attached hydrogens (tertiary/aromatic N) is 2. The van der Waals surface area contributed by atoms with Crippen LogP contribution >= 0.6 is 0 Å². The van der Waals surface area contributed by atoms with Crippen LogP contribution in [0.4, 0.5) is 13.2 Å². The Morgan fingerprint density at radius 3 is 2.67 bits per heavy atom. The van der Waals surface area contributed by atoms with E-state index in [0.29, 0.717) is 5.69 Å². The quantitative estimate of drug-likeness (QED) is 0.785. The van der Waals surface area contributed by atoms with Crippen LogP contribution in [-0.2, 0) is 29.4 Å². The Morgan fingerprint density at radius 2 is 2.17 bits per heavy atom. The molecule has 0 aromatic carbocycles. The summed E-state index contributed by atoms with van der Waals surface area (Å²) in [7, 11) is 1.69. The molecule has 1 aromatic heterocycles. The van der Waals surface area contributed by atoms with Crippen molar-refractivity contribution in [3.63, 3.8) is 0 Å². The Morgan fingerprint density at radius 1 is 1.50 bits per heavy atom. The van der Waals surface area contributed by atoms with Gasteiger partial charge in [-0.25, -0.2) is 0 Å². The third kappa shape index (κ3) is 4.87. The van der Waals surface area contributed by atoms with Crippen LogP contribution in [0.3, 0.4) is 0 Å². The number of aromatic nitrogens is 2. The minimum absolute atomic E-state index is 0.0291. The fourth-order valence-corrected chi connectivity index (χ4v) is 1.44. The highest BCUT2D eigenvalue weighted by Gasteiger charge is 2.27. The lowest BCUT2D eigenvalue weighted by atomic mass is 10.2. The molecule has 102 valence electrons. The number of hydrogen-bond donors (Lipinski definition) is 0. The monoisotopic (exact) mass is 264 g/mol. The number of rotatable bonds is 6. The van der Waals surface area contributed by atoms with Crippen LogP contribution in [0.1, 0.15) is 18.3 Å². The summed E-state index contributed by atoms with van der Waals surface area (Å²) in [5, 5.41) is 4.15. The maximum atomic E-state index is 11.8. The van der Waals surface area contributed by atoms with E-state index in [1.165, 1.54) is 0 Å². The number of ether oxygens (including phenoxy) is 1. The Balaban J connectivity index is 2.42. The fourth-order valence-electron chi connectivity index (χ4n) is 1.44. The number of aryl methyl sites for hydroxylation is 2. The van der Waals surface area contributed by atoms with Gasteiger partial charge < -0.3 is 4.74 Å². The van der Waals surface area contributed by atoms with Gasteiger partial charge in [0.1, 0.15) is 13.2 Å². The van der Waals surface area contributed by atoms with Crippen LogP contribution in [0.15, 0.2) is 6.07 Å². The number of halogens is 3. The van der Waals surface area contributed by atoms with E-state index < -0.39 is 25.2 Å². The molecule has 0 unspecified atom stereocenters. The molecule has 0 amide bonds. The average molecular weight is 264 g/mol.